The Morgan fingerprint density at radius 3 is 2.57 bits per heavy atom. The maximum atomic E-state index is 12.1. The van der Waals surface area contributed by atoms with E-state index in [4.69, 9.17) is 4.74 Å². The number of rotatable bonds is 3. The van der Waals surface area contributed by atoms with Crippen molar-refractivity contribution < 1.29 is 9.53 Å². The van der Waals surface area contributed by atoms with E-state index in [-0.39, 0.29) is 0 Å². The molecule has 1 N–H and O–H groups in total. The topological polar surface area (TPSA) is 41.6 Å². The first-order valence-corrected chi connectivity index (χ1v) is 8.15. The van der Waals surface area contributed by atoms with E-state index in [0.717, 1.165) is 15.8 Å². The average Bonchev–Trinajstić information content (AvgIpc) is 2.90. The van der Waals surface area contributed by atoms with Crippen molar-refractivity contribution in [1.29, 1.82) is 0 Å². The summed E-state index contributed by atoms with van der Waals surface area (Å²) in [5.41, 5.74) is 2.97. The molecule has 0 spiro atoms. The Kier molecular flexibility index (Phi) is 4.21. The lowest BCUT2D eigenvalue weighted by atomic mass is 10.2. The molecule has 0 saturated carbocycles. The summed E-state index contributed by atoms with van der Waals surface area (Å²) in [4.78, 5) is 14.1. The number of carbonyl (C=O) groups excluding carboxylic acids is 1. The van der Waals surface area contributed by atoms with Crippen LogP contribution in [0.3, 0.4) is 0 Å². The zero-order valence-corrected chi connectivity index (χ0v) is 14.1. The first kappa shape index (κ1) is 15.4. The van der Waals surface area contributed by atoms with Crippen molar-refractivity contribution in [3.05, 3.63) is 53.4 Å². The average molecular weight is 326 g/mol. The van der Waals surface area contributed by atoms with Gasteiger partial charge in [-0.25, -0.2) is 4.79 Å². The van der Waals surface area contributed by atoms with Crippen LogP contribution in [0.25, 0.3) is 10.1 Å². The van der Waals surface area contributed by atoms with Gasteiger partial charge in [-0.1, -0.05) is 12.1 Å². The summed E-state index contributed by atoms with van der Waals surface area (Å²) in [5, 5.41) is 5.94. The third kappa shape index (κ3) is 3.29. The molecule has 0 unspecified atom stereocenters. The highest BCUT2D eigenvalue weighted by Gasteiger charge is 2.11. The van der Waals surface area contributed by atoms with Crippen LogP contribution in [0.4, 0.5) is 16.2 Å². The molecule has 0 fully saturated rings. The minimum atomic E-state index is -0.485. The van der Waals surface area contributed by atoms with E-state index in [2.05, 4.69) is 17.6 Å². The maximum absolute atomic E-state index is 12.1. The molecule has 0 saturated heterocycles. The summed E-state index contributed by atoms with van der Waals surface area (Å²) >= 11 is 1.58. The predicted molar refractivity (Wildman–Crippen MR) is 97.0 cm³/mol. The van der Waals surface area contributed by atoms with Crippen LogP contribution in [-0.4, -0.2) is 20.2 Å². The second kappa shape index (κ2) is 6.30. The number of nitrogens with zero attached hydrogens (tertiary/aromatic N) is 1. The molecule has 23 heavy (non-hydrogen) atoms. The van der Waals surface area contributed by atoms with Gasteiger partial charge in [0.25, 0.3) is 0 Å². The highest BCUT2D eigenvalue weighted by molar-refractivity contribution is 7.17. The summed E-state index contributed by atoms with van der Waals surface area (Å²) in [6, 6.07) is 13.3. The maximum Gasteiger partial charge on any atom is 0.417 e. The Hall–Kier alpha value is -2.53. The van der Waals surface area contributed by atoms with Gasteiger partial charge in [0.1, 0.15) is 0 Å². The Morgan fingerprint density at radius 1 is 1.13 bits per heavy atom. The highest BCUT2D eigenvalue weighted by atomic mass is 32.1. The van der Waals surface area contributed by atoms with Gasteiger partial charge in [-0.05, 0) is 53.6 Å². The number of nitrogens with one attached hydrogen (secondary N) is 1. The molecular formula is C18H18N2O2S. The van der Waals surface area contributed by atoms with Crippen LogP contribution in [0.15, 0.2) is 47.8 Å². The Balaban J connectivity index is 1.73. The molecule has 4 nitrogen and oxygen atoms in total. The molecular weight excluding hydrogens is 308 g/mol. The number of ether oxygens (including phenoxy) is 1. The van der Waals surface area contributed by atoms with Crippen LogP contribution in [0.2, 0.25) is 0 Å². The van der Waals surface area contributed by atoms with E-state index < -0.39 is 6.09 Å². The van der Waals surface area contributed by atoms with E-state index in [9.17, 15) is 4.79 Å². The van der Waals surface area contributed by atoms with Gasteiger partial charge >= 0.3 is 6.09 Å². The number of hydrogen-bond acceptors (Lipinski definition) is 4. The Labute approximate surface area is 139 Å². The molecule has 3 aromatic rings. The van der Waals surface area contributed by atoms with Crippen molar-refractivity contribution in [3.8, 4) is 5.75 Å². The summed E-state index contributed by atoms with van der Waals surface area (Å²) < 4.78 is 6.46. The molecule has 118 valence electrons. The number of benzene rings is 2. The number of anilines is 2. The van der Waals surface area contributed by atoms with Gasteiger partial charge in [-0.3, -0.25) is 5.32 Å². The van der Waals surface area contributed by atoms with Crippen LogP contribution < -0.4 is 15.0 Å². The minimum absolute atomic E-state index is 0.485. The SMILES string of the molecule is Cc1csc2c(OC(=O)Nc3ccc(N(C)C)cc3)cccc12. The standard InChI is InChI=1S/C18H18N2O2S/c1-12-11-23-17-15(12)5-4-6-16(17)22-18(21)19-13-7-9-14(10-8-13)20(2)3/h4-11H,1-3H3,(H,19,21). The molecule has 3 rings (SSSR count). The number of thiophene rings is 1. The van der Waals surface area contributed by atoms with Crippen molar-refractivity contribution >= 4 is 38.9 Å². The number of amides is 1. The van der Waals surface area contributed by atoms with Crippen LogP contribution >= 0.6 is 11.3 Å². The van der Waals surface area contributed by atoms with Gasteiger partial charge in [0.05, 0.1) is 4.70 Å². The number of fused-ring (bicyclic) bond motifs is 1. The van der Waals surface area contributed by atoms with Gasteiger partial charge in [0, 0.05) is 25.5 Å². The monoisotopic (exact) mass is 326 g/mol. The molecule has 5 heteroatoms. The van der Waals surface area contributed by atoms with Gasteiger partial charge in [0.15, 0.2) is 5.75 Å². The second-order valence-electron chi connectivity index (χ2n) is 5.51. The molecule has 0 radical (unpaired) electrons. The summed E-state index contributed by atoms with van der Waals surface area (Å²) in [5.74, 6) is 0.586. The van der Waals surface area contributed by atoms with E-state index in [1.807, 2.05) is 61.5 Å². The first-order chi connectivity index (χ1) is 11.0. The smallest absolute Gasteiger partial charge is 0.409 e. The van der Waals surface area contributed by atoms with Crippen LogP contribution in [0.1, 0.15) is 5.56 Å². The van der Waals surface area contributed by atoms with Crippen molar-refractivity contribution in [3.63, 3.8) is 0 Å². The van der Waals surface area contributed by atoms with E-state index in [0.29, 0.717) is 11.4 Å². The normalized spacial score (nSPS) is 10.6. The molecule has 2 aromatic carbocycles. The fourth-order valence-corrected chi connectivity index (χ4v) is 3.33. The molecule has 1 amide bonds. The highest BCUT2D eigenvalue weighted by Crippen LogP contribution is 2.33. The zero-order valence-electron chi connectivity index (χ0n) is 13.3. The van der Waals surface area contributed by atoms with E-state index in [1.165, 1.54) is 5.56 Å². The van der Waals surface area contributed by atoms with Gasteiger partial charge in [-0.2, -0.15) is 0 Å². The summed E-state index contributed by atoms with van der Waals surface area (Å²) in [7, 11) is 3.95. The predicted octanol–water partition coefficient (Wildman–Crippen LogP) is 4.89. The van der Waals surface area contributed by atoms with Crippen molar-refractivity contribution in [2.75, 3.05) is 24.3 Å². The molecule has 1 heterocycles. The van der Waals surface area contributed by atoms with Crippen LogP contribution in [0.5, 0.6) is 5.75 Å². The lowest BCUT2D eigenvalue weighted by Gasteiger charge is -2.13. The largest absolute Gasteiger partial charge is 0.417 e. The van der Waals surface area contributed by atoms with Gasteiger partial charge in [0.2, 0.25) is 0 Å². The van der Waals surface area contributed by atoms with Crippen molar-refractivity contribution in [2.45, 2.75) is 6.92 Å². The van der Waals surface area contributed by atoms with Crippen molar-refractivity contribution in [1.82, 2.24) is 0 Å². The fourth-order valence-electron chi connectivity index (χ4n) is 2.33. The van der Waals surface area contributed by atoms with Crippen LogP contribution in [0, 0.1) is 6.92 Å². The molecule has 0 bridgehead atoms. The first-order valence-electron chi connectivity index (χ1n) is 7.27. The Bertz CT molecular complexity index is 838. The lowest BCUT2D eigenvalue weighted by Crippen LogP contribution is -2.17. The third-order valence-corrected chi connectivity index (χ3v) is 4.72. The molecule has 0 atom stereocenters. The zero-order chi connectivity index (χ0) is 16.4. The van der Waals surface area contributed by atoms with Crippen molar-refractivity contribution in [2.24, 2.45) is 0 Å². The third-order valence-electron chi connectivity index (χ3n) is 3.59. The molecule has 0 aliphatic carbocycles. The summed E-state index contributed by atoms with van der Waals surface area (Å²) in [6.45, 7) is 2.05. The minimum Gasteiger partial charge on any atom is -0.409 e. The number of hydrogen-bond donors (Lipinski definition) is 1. The molecule has 0 aliphatic rings. The van der Waals surface area contributed by atoms with E-state index >= 15 is 0 Å². The second-order valence-corrected chi connectivity index (χ2v) is 6.39. The van der Waals surface area contributed by atoms with Crippen LogP contribution in [-0.2, 0) is 0 Å². The van der Waals surface area contributed by atoms with Gasteiger partial charge < -0.3 is 9.64 Å². The number of carbonyl (C=O) groups is 1. The number of aryl methyl sites for hydroxylation is 1. The lowest BCUT2D eigenvalue weighted by molar-refractivity contribution is 0.216. The summed E-state index contributed by atoms with van der Waals surface area (Å²) in [6.07, 6.45) is -0.485. The fraction of sp³-hybridized carbons (Fsp3) is 0.167. The quantitative estimate of drug-likeness (QED) is 0.745. The van der Waals surface area contributed by atoms with E-state index in [1.54, 1.807) is 11.3 Å². The Morgan fingerprint density at radius 2 is 1.87 bits per heavy atom. The van der Waals surface area contributed by atoms with Gasteiger partial charge in [-0.15, -0.1) is 11.3 Å². The molecule has 0 aliphatic heterocycles. The molecule has 1 aromatic heterocycles.